The van der Waals surface area contributed by atoms with E-state index in [0.717, 1.165) is 24.5 Å². The second kappa shape index (κ2) is 7.27. The lowest BCUT2D eigenvalue weighted by Gasteiger charge is -2.13. The molecule has 2 aliphatic rings. The van der Waals surface area contributed by atoms with Crippen LogP contribution in [0.2, 0.25) is 0 Å². The van der Waals surface area contributed by atoms with Crippen molar-refractivity contribution in [3.8, 4) is 0 Å². The van der Waals surface area contributed by atoms with Gasteiger partial charge in [-0.05, 0) is 26.8 Å². The van der Waals surface area contributed by atoms with Gasteiger partial charge in [0.05, 0.1) is 17.1 Å². The van der Waals surface area contributed by atoms with Gasteiger partial charge in [-0.25, -0.2) is 14.2 Å². The largest absolute Gasteiger partial charge is 0.382 e. The van der Waals surface area contributed by atoms with E-state index in [2.05, 4.69) is 15.0 Å². The Morgan fingerprint density at radius 3 is 2.62 bits per heavy atom. The SMILES string of the molecule is CC(=O)NC1=CC(=[N+]2CCCC2)C=C/C1=N/c1c(C)nn(C(C)C)c1N. The van der Waals surface area contributed by atoms with Gasteiger partial charge in [-0.2, -0.15) is 5.10 Å². The van der Waals surface area contributed by atoms with Gasteiger partial charge in [0.15, 0.2) is 0 Å². The van der Waals surface area contributed by atoms with Gasteiger partial charge in [-0.15, -0.1) is 0 Å². The highest BCUT2D eigenvalue weighted by molar-refractivity contribution is 6.21. The summed E-state index contributed by atoms with van der Waals surface area (Å²) in [6.45, 7) is 9.54. The summed E-state index contributed by atoms with van der Waals surface area (Å²) in [5.74, 6) is 0.414. The summed E-state index contributed by atoms with van der Waals surface area (Å²) < 4.78 is 4.09. The van der Waals surface area contributed by atoms with Crippen LogP contribution in [0.15, 0.2) is 28.9 Å². The third-order valence-electron chi connectivity index (χ3n) is 4.57. The summed E-state index contributed by atoms with van der Waals surface area (Å²) in [6, 6.07) is 0.157. The number of carbonyl (C=O) groups excluding carboxylic acids is 1. The predicted molar refractivity (Wildman–Crippen MR) is 104 cm³/mol. The minimum Gasteiger partial charge on any atom is -0.382 e. The monoisotopic (exact) mass is 355 g/mol. The number of nitrogens with zero attached hydrogens (tertiary/aromatic N) is 4. The van der Waals surface area contributed by atoms with Crippen LogP contribution in [0, 0.1) is 6.92 Å². The zero-order valence-corrected chi connectivity index (χ0v) is 15.9. The number of hydrogen-bond acceptors (Lipinski definition) is 4. The summed E-state index contributed by atoms with van der Waals surface area (Å²) >= 11 is 0. The van der Waals surface area contributed by atoms with Crippen molar-refractivity contribution in [3.63, 3.8) is 0 Å². The molecule has 0 unspecified atom stereocenters. The number of nitrogen functional groups attached to an aromatic ring is 1. The molecule has 0 radical (unpaired) electrons. The van der Waals surface area contributed by atoms with Gasteiger partial charge < -0.3 is 11.1 Å². The molecule has 3 N–H and O–H groups in total. The Hall–Kier alpha value is -2.70. The summed E-state index contributed by atoms with van der Waals surface area (Å²) in [7, 11) is 0. The molecule has 138 valence electrons. The van der Waals surface area contributed by atoms with Crippen molar-refractivity contribution in [2.24, 2.45) is 4.99 Å². The maximum absolute atomic E-state index is 11.7. The zero-order valence-electron chi connectivity index (χ0n) is 15.9. The molecule has 0 aromatic carbocycles. The molecular weight excluding hydrogens is 328 g/mol. The standard InChI is InChI=1S/C19H26N6O/c1-12(2)25-19(20)18(13(3)23-25)22-16-8-7-15(24-9-5-6-10-24)11-17(16)21-14(4)26/h7-8,11-12H,5-6,9-10H2,1-4H3,(H2,20,21,23,26)/p+1. The Balaban J connectivity index is 2.03. The molecule has 7 nitrogen and oxygen atoms in total. The Morgan fingerprint density at radius 1 is 1.35 bits per heavy atom. The zero-order chi connectivity index (χ0) is 18.8. The van der Waals surface area contributed by atoms with Gasteiger partial charge in [0.1, 0.15) is 24.6 Å². The number of carbonyl (C=O) groups is 1. The van der Waals surface area contributed by atoms with Crippen LogP contribution in [0.4, 0.5) is 11.5 Å². The van der Waals surface area contributed by atoms with Gasteiger partial charge in [-0.3, -0.25) is 4.79 Å². The highest BCUT2D eigenvalue weighted by Crippen LogP contribution is 2.29. The maximum Gasteiger partial charge on any atom is 0.221 e. The van der Waals surface area contributed by atoms with Crippen LogP contribution in [0.5, 0.6) is 0 Å². The van der Waals surface area contributed by atoms with E-state index in [1.54, 1.807) is 4.68 Å². The highest BCUT2D eigenvalue weighted by Gasteiger charge is 2.22. The molecule has 1 fully saturated rings. The van der Waals surface area contributed by atoms with Gasteiger partial charge in [0.25, 0.3) is 0 Å². The van der Waals surface area contributed by atoms with Crippen molar-refractivity contribution in [2.45, 2.75) is 46.6 Å². The normalized spacial score (nSPS) is 18.8. The summed E-state index contributed by atoms with van der Waals surface area (Å²) in [6.07, 6.45) is 8.37. The molecular formula is C19H27N6O+. The Bertz CT molecular complexity index is 846. The van der Waals surface area contributed by atoms with Crippen molar-refractivity contribution in [2.75, 3.05) is 18.8 Å². The van der Waals surface area contributed by atoms with Crippen LogP contribution < -0.4 is 11.1 Å². The number of nitrogens with one attached hydrogen (secondary N) is 1. The van der Waals surface area contributed by atoms with Gasteiger partial charge in [0.2, 0.25) is 11.6 Å². The topological polar surface area (TPSA) is 88.3 Å². The van der Waals surface area contributed by atoms with E-state index in [4.69, 9.17) is 10.7 Å². The minimum atomic E-state index is -0.123. The van der Waals surface area contributed by atoms with E-state index >= 15 is 0 Å². The van der Waals surface area contributed by atoms with Crippen LogP contribution in [0.3, 0.4) is 0 Å². The number of anilines is 1. The highest BCUT2D eigenvalue weighted by atomic mass is 16.1. The van der Waals surface area contributed by atoms with E-state index in [0.29, 0.717) is 22.9 Å². The second-order valence-corrected chi connectivity index (χ2v) is 7.05. The van der Waals surface area contributed by atoms with Crippen LogP contribution in [0.25, 0.3) is 0 Å². The van der Waals surface area contributed by atoms with Gasteiger partial charge in [-0.1, -0.05) is 0 Å². The predicted octanol–water partition coefficient (Wildman–Crippen LogP) is 2.26. The number of nitrogens with two attached hydrogens (primary N) is 1. The van der Waals surface area contributed by atoms with Crippen molar-refractivity contribution in [1.29, 1.82) is 0 Å². The Labute approximate surface area is 154 Å². The summed E-state index contributed by atoms with van der Waals surface area (Å²) in [5, 5.41) is 7.38. The number of hydrogen-bond donors (Lipinski definition) is 2. The quantitative estimate of drug-likeness (QED) is 0.644. The molecule has 1 aliphatic heterocycles. The van der Waals surface area contributed by atoms with Crippen molar-refractivity contribution >= 4 is 28.8 Å². The average molecular weight is 355 g/mol. The van der Waals surface area contributed by atoms with Crippen molar-refractivity contribution < 1.29 is 9.37 Å². The molecule has 2 heterocycles. The first-order valence-electron chi connectivity index (χ1n) is 9.09. The maximum atomic E-state index is 11.7. The lowest BCUT2D eigenvalue weighted by molar-refractivity contribution is -0.504. The van der Waals surface area contributed by atoms with E-state index in [1.807, 2.05) is 39.0 Å². The van der Waals surface area contributed by atoms with Gasteiger partial charge >= 0.3 is 0 Å². The van der Waals surface area contributed by atoms with E-state index in [1.165, 1.54) is 19.8 Å². The first-order chi connectivity index (χ1) is 12.4. The molecule has 0 bridgehead atoms. The number of aromatic nitrogens is 2. The lowest BCUT2D eigenvalue weighted by Crippen LogP contribution is -2.28. The average Bonchev–Trinajstić information content (AvgIpc) is 3.19. The second-order valence-electron chi connectivity index (χ2n) is 7.05. The molecule has 1 aliphatic carbocycles. The Kier molecular flexibility index (Phi) is 5.06. The first kappa shape index (κ1) is 18.1. The third kappa shape index (κ3) is 3.61. The molecule has 3 rings (SSSR count). The molecule has 26 heavy (non-hydrogen) atoms. The third-order valence-corrected chi connectivity index (χ3v) is 4.57. The summed E-state index contributed by atoms with van der Waals surface area (Å²) in [5.41, 5.74) is 10.1. The van der Waals surface area contributed by atoms with E-state index in [-0.39, 0.29) is 11.9 Å². The lowest BCUT2D eigenvalue weighted by atomic mass is 10.1. The molecule has 7 heteroatoms. The molecule has 1 saturated heterocycles. The Morgan fingerprint density at radius 2 is 2.04 bits per heavy atom. The number of rotatable bonds is 3. The van der Waals surface area contributed by atoms with Crippen molar-refractivity contribution in [1.82, 2.24) is 15.1 Å². The molecule has 1 aromatic heterocycles. The van der Waals surface area contributed by atoms with Crippen LogP contribution in [0.1, 0.15) is 45.3 Å². The fourth-order valence-electron chi connectivity index (χ4n) is 3.29. The van der Waals surface area contributed by atoms with Gasteiger partial charge in [0, 0.05) is 38.0 Å². The number of aryl methyl sites for hydroxylation is 1. The molecule has 0 saturated carbocycles. The molecule has 1 amide bonds. The number of allylic oxidation sites excluding steroid dienone is 3. The minimum absolute atomic E-state index is 0.123. The van der Waals surface area contributed by atoms with Crippen LogP contribution in [-0.4, -0.2) is 44.8 Å². The number of amides is 1. The molecule has 0 spiro atoms. The fourth-order valence-corrected chi connectivity index (χ4v) is 3.29. The smallest absolute Gasteiger partial charge is 0.221 e. The van der Waals surface area contributed by atoms with E-state index < -0.39 is 0 Å². The van der Waals surface area contributed by atoms with Crippen molar-refractivity contribution in [3.05, 3.63) is 29.6 Å². The first-order valence-corrected chi connectivity index (χ1v) is 9.09. The molecule has 0 atom stereocenters. The number of aliphatic imine (C=N–C) groups is 1. The van der Waals surface area contributed by atoms with E-state index in [9.17, 15) is 4.79 Å². The fraction of sp³-hybridized carbons (Fsp3) is 0.474. The van der Waals surface area contributed by atoms with Crippen LogP contribution in [-0.2, 0) is 4.79 Å². The molecule has 1 aromatic rings. The summed E-state index contributed by atoms with van der Waals surface area (Å²) in [4.78, 5) is 16.4. The van der Waals surface area contributed by atoms with Crippen LogP contribution >= 0.6 is 0 Å².